The molecule has 0 aromatic heterocycles. The summed E-state index contributed by atoms with van der Waals surface area (Å²) < 4.78 is 0. The van der Waals surface area contributed by atoms with Gasteiger partial charge >= 0.3 is 0 Å². The molecule has 2 atom stereocenters. The molecular formula is C21H35. The Balaban J connectivity index is 3.91. The van der Waals surface area contributed by atoms with Gasteiger partial charge in [0, 0.05) is 6.42 Å². The van der Waals surface area contributed by atoms with Gasteiger partial charge in [-0.2, -0.15) is 0 Å². The molecule has 0 saturated carbocycles. The predicted molar refractivity (Wildman–Crippen MR) is 95.6 cm³/mol. The molecule has 0 aromatic rings. The van der Waals surface area contributed by atoms with Crippen LogP contribution in [0.5, 0.6) is 0 Å². The highest BCUT2D eigenvalue weighted by Crippen LogP contribution is 2.23. The average Bonchev–Trinajstić information content (AvgIpc) is 2.47. The predicted octanol–water partition coefficient (Wildman–Crippen LogP) is 6.27. The quantitative estimate of drug-likeness (QED) is 0.310. The lowest BCUT2D eigenvalue weighted by atomic mass is 9.84. The van der Waals surface area contributed by atoms with Crippen LogP contribution in [0.1, 0.15) is 85.0 Å². The minimum Gasteiger partial charge on any atom is -0.119 e. The van der Waals surface area contributed by atoms with E-state index in [9.17, 15) is 0 Å². The van der Waals surface area contributed by atoms with Gasteiger partial charge in [-0.25, -0.2) is 0 Å². The van der Waals surface area contributed by atoms with Crippen molar-refractivity contribution in [3.8, 4) is 24.2 Å². The van der Waals surface area contributed by atoms with Crippen LogP contribution in [0.3, 0.4) is 0 Å². The molecule has 0 aliphatic carbocycles. The van der Waals surface area contributed by atoms with Crippen LogP contribution < -0.4 is 0 Å². The van der Waals surface area contributed by atoms with Crippen LogP contribution in [0.4, 0.5) is 0 Å². The van der Waals surface area contributed by atoms with Crippen molar-refractivity contribution in [2.24, 2.45) is 17.8 Å². The van der Waals surface area contributed by atoms with E-state index in [0.717, 1.165) is 19.3 Å². The maximum Gasteiger partial charge on any atom is 0.0836 e. The fourth-order valence-corrected chi connectivity index (χ4v) is 2.72. The van der Waals surface area contributed by atoms with E-state index in [1.165, 1.54) is 44.9 Å². The number of terminal acetylenes is 1. The third-order valence-corrected chi connectivity index (χ3v) is 4.01. The van der Waals surface area contributed by atoms with E-state index in [1.807, 2.05) is 0 Å². The normalized spacial score (nSPS) is 13.3. The van der Waals surface area contributed by atoms with Crippen molar-refractivity contribution in [3.05, 3.63) is 6.92 Å². The van der Waals surface area contributed by atoms with Crippen LogP contribution in [0.2, 0.25) is 0 Å². The van der Waals surface area contributed by atoms with Gasteiger partial charge in [0.1, 0.15) is 0 Å². The Bertz CT molecular complexity index is 320. The maximum atomic E-state index is 5.68. The molecule has 0 N–H and O–H groups in total. The zero-order valence-corrected chi connectivity index (χ0v) is 14.6. The minimum atomic E-state index is 0.148. The summed E-state index contributed by atoms with van der Waals surface area (Å²) in [5.74, 6) is 11.0. The summed E-state index contributed by atoms with van der Waals surface area (Å²) in [6.45, 7) is 10.6. The van der Waals surface area contributed by atoms with Crippen molar-refractivity contribution < 1.29 is 0 Å². The van der Waals surface area contributed by atoms with Crippen molar-refractivity contribution >= 4 is 0 Å². The maximum absolute atomic E-state index is 5.68. The summed E-state index contributed by atoms with van der Waals surface area (Å²) in [4.78, 5) is 0. The van der Waals surface area contributed by atoms with Gasteiger partial charge in [0.15, 0.2) is 0 Å². The van der Waals surface area contributed by atoms with Gasteiger partial charge < -0.3 is 0 Å². The Hall–Kier alpha value is -0.880. The lowest BCUT2D eigenvalue weighted by Gasteiger charge is -2.19. The number of hydrogen-bond acceptors (Lipinski definition) is 0. The molecule has 0 aliphatic rings. The molecule has 0 nitrogen and oxygen atoms in total. The first-order valence-corrected chi connectivity index (χ1v) is 8.89. The lowest BCUT2D eigenvalue weighted by Crippen LogP contribution is -2.13. The third-order valence-electron chi connectivity index (χ3n) is 4.01. The highest BCUT2D eigenvalue weighted by Gasteiger charge is 2.16. The molecule has 21 heavy (non-hydrogen) atoms. The van der Waals surface area contributed by atoms with E-state index >= 15 is 0 Å². The SMILES string of the molecule is C#CC(C#CCCCCCCCC[CH2])C(CC)CC(C)C. The number of rotatable bonds is 11. The fraction of sp³-hybridized carbons (Fsp3) is 0.762. The summed E-state index contributed by atoms with van der Waals surface area (Å²) in [7, 11) is 0. The van der Waals surface area contributed by atoms with E-state index < -0.39 is 0 Å². The second-order valence-electron chi connectivity index (χ2n) is 6.49. The molecular weight excluding hydrogens is 252 g/mol. The molecule has 0 aromatic carbocycles. The van der Waals surface area contributed by atoms with E-state index in [2.05, 4.69) is 45.5 Å². The Labute approximate surface area is 134 Å². The highest BCUT2D eigenvalue weighted by atomic mass is 14.2. The molecule has 0 heterocycles. The molecule has 0 spiro atoms. The van der Waals surface area contributed by atoms with Gasteiger partial charge in [-0.15, -0.1) is 12.3 Å². The summed E-state index contributed by atoms with van der Waals surface area (Å²) in [5.41, 5.74) is 0. The van der Waals surface area contributed by atoms with Crippen molar-refractivity contribution in [1.82, 2.24) is 0 Å². The van der Waals surface area contributed by atoms with E-state index in [4.69, 9.17) is 6.42 Å². The van der Waals surface area contributed by atoms with Crippen LogP contribution in [0.25, 0.3) is 0 Å². The molecule has 0 rings (SSSR count). The molecule has 119 valence electrons. The summed E-state index contributed by atoms with van der Waals surface area (Å²) in [6, 6.07) is 0. The zero-order chi connectivity index (χ0) is 15.9. The summed E-state index contributed by atoms with van der Waals surface area (Å²) in [5, 5.41) is 0. The molecule has 2 unspecified atom stereocenters. The van der Waals surface area contributed by atoms with Crippen molar-refractivity contribution in [3.63, 3.8) is 0 Å². The Morgan fingerprint density at radius 2 is 1.62 bits per heavy atom. The zero-order valence-electron chi connectivity index (χ0n) is 14.6. The fourth-order valence-electron chi connectivity index (χ4n) is 2.72. The Morgan fingerprint density at radius 1 is 1.00 bits per heavy atom. The number of unbranched alkanes of at least 4 members (excludes halogenated alkanes) is 7. The van der Waals surface area contributed by atoms with Crippen molar-refractivity contribution in [2.75, 3.05) is 0 Å². The second kappa shape index (κ2) is 14.1. The average molecular weight is 288 g/mol. The summed E-state index contributed by atoms with van der Waals surface area (Å²) >= 11 is 0. The molecule has 0 bridgehead atoms. The van der Waals surface area contributed by atoms with Gasteiger partial charge in [0.05, 0.1) is 5.92 Å². The van der Waals surface area contributed by atoms with E-state index in [0.29, 0.717) is 11.8 Å². The lowest BCUT2D eigenvalue weighted by molar-refractivity contribution is 0.366. The molecule has 0 amide bonds. The van der Waals surface area contributed by atoms with Crippen molar-refractivity contribution in [2.45, 2.75) is 85.0 Å². The van der Waals surface area contributed by atoms with Crippen LogP contribution in [-0.4, -0.2) is 0 Å². The standard InChI is InChI=1S/C21H35/c1-6-9-10-11-12-13-14-15-16-17-20(7-2)21(8-3)18-19(4)5/h2,19-21H,1,6,8-15,18H2,3-5H3. The highest BCUT2D eigenvalue weighted by molar-refractivity contribution is 5.16. The monoisotopic (exact) mass is 287 g/mol. The van der Waals surface area contributed by atoms with Crippen LogP contribution in [0.15, 0.2) is 0 Å². The number of hydrogen-bond donors (Lipinski definition) is 0. The first-order chi connectivity index (χ1) is 10.2. The van der Waals surface area contributed by atoms with Gasteiger partial charge in [0.2, 0.25) is 0 Å². The van der Waals surface area contributed by atoms with Gasteiger partial charge in [-0.05, 0) is 24.7 Å². The van der Waals surface area contributed by atoms with Gasteiger partial charge in [-0.1, -0.05) is 84.5 Å². The van der Waals surface area contributed by atoms with Gasteiger partial charge in [-0.3, -0.25) is 0 Å². The molecule has 0 aliphatic heterocycles. The molecule has 0 fully saturated rings. The molecule has 0 heteroatoms. The second-order valence-corrected chi connectivity index (χ2v) is 6.49. The van der Waals surface area contributed by atoms with Gasteiger partial charge in [0.25, 0.3) is 0 Å². The minimum absolute atomic E-state index is 0.148. The molecule has 1 radical (unpaired) electrons. The topological polar surface area (TPSA) is 0 Å². The first kappa shape index (κ1) is 20.1. The molecule has 0 saturated heterocycles. The van der Waals surface area contributed by atoms with E-state index in [-0.39, 0.29) is 5.92 Å². The van der Waals surface area contributed by atoms with Crippen LogP contribution >= 0.6 is 0 Å². The Morgan fingerprint density at radius 3 is 2.14 bits per heavy atom. The Kier molecular flexibility index (Phi) is 13.5. The summed E-state index contributed by atoms with van der Waals surface area (Å²) in [6.07, 6.45) is 17.9. The first-order valence-electron chi connectivity index (χ1n) is 8.89. The largest absolute Gasteiger partial charge is 0.119 e. The van der Waals surface area contributed by atoms with Crippen molar-refractivity contribution in [1.29, 1.82) is 0 Å². The van der Waals surface area contributed by atoms with Crippen LogP contribution in [0, 0.1) is 48.9 Å². The smallest absolute Gasteiger partial charge is 0.0836 e. The van der Waals surface area contributed by atoms with E-state index in [1.54, 1.807) is 0 Å². The van der Waals surface area contributed by atoms with Crippen LogP contribution in [-0.2, 0) is 0 Å². The third kappa shape index (κ3) is 11.5.